The molecule has 1 saturated heterocycles. The summed E-state index contributed by atoms with van der Waals surface area (Å²) in [6, 6.07) is 0.187. The number of H-pyrrole nitrogens is 1. The van der Waals surface area contributed by atoms with E-state index in [4.69, 9.17) is 5.73 Å². The van der Waals surface area contributed by atoms with Crippen LogP contribution >= 0.6 is 0 Å². The molecule has 0 bridgehead atoms. The zero-order chi connectivity index (χ0) is 11.4. The second-order valence-electron chi connectivity index (χ2n) is 4.17. The molecular formula is C11H18N4O. The number of hydrogen-bond acceptors (Lipinski definition) is 3. The molecule has 1 aliphatic heterocycles. The van der Waals surface area contributed by atoms with Crippen molar-refractivity contribution in [2.75, 3.05) is 13.1 Å². The molecule has 1 aromatic rings. The average molecular weight is 222 g/mol. The molecule has 3 N–H and O–H groups in total. The number of nitrogens with one attached hydrogen (secondary N) is 1. The summed E-state index contributed by atoms with van der Waals surface area (Å²) in [6.45, 7) is 1.27. The number of likely N-dealkylation sites (tertiary alicyclic amines) is 1. The minimum absolute atomic E-state index is 0.161. The summed E-state index contributed by atoms with van der Waals surface area (Å²) in [6.07, 6.45) is 7.40. The highest BCUT2D eigenvalue weighted by atomic mass is 16.2. The van der Waals surface area contributed by atoms with Gasteiger partial charge in [-0.1, -0.05) is 0 Å². The number of rotatable bonds is 3. The Morgan fingerprint density at radius 2 is 2.50 bits per heavy atom. The molecule has 2 heterocycles. The summed E-state index contributed by atoms with van der Waals surface area (Å²) in [7, 11) is 0. The van der Waals surface area contributed by atoms with Crippen LogP contribution in [0.25, 0.3) is 0 Å². The number of nitrogens with zero attached hydrogens (tertiary/aromatic N) is 2. The summed E-state index contributed by atoms with van der Waals surface area (Å²) in [4.78, 5) is 13.9. The number of piperidine rings is 1. The molecule has 1 fully saturated rings. The first-order valence-corrected chi connectivity index (χ1v) is 5.81. The highest BCUT2D eigenvalue weighted by Gasteiger charge is 2.27. The number of hydrogen-bond donors (Lipinski definition) is 2. The summed E-state index contributed by atoms with van der Waals surface area (Å²) in [5, 5.41) is 6.76. The van der Waals surface area contributed by atoms with Gasteiger partial charge in [0, 0.05) is 31.3 Å². The van der Waals surface area contributed by atoms with Crippen molar-refractivity contribution >= 4 is 5.91 Å². The lowest BCUT2D eigenvalue weighted by Gasteiger charge is -2.35. The molecule has 1 amide bonds. The first-order valence-electron chi connectivity index (χ1n) is 5.81. The van der Waals surface area contributed by atoms with E-state index in [-0.39, 0.29) is 11.9 Å². The Bertz CT molecular complexity index is 336. The molecule has 5 nitrogen and oxygen atoms in total. The number of aromatic amines is 1. The molecule has 88 valence electrons. The van der Waals surface area contributed by atoms with Crippen molar-refractivity contribution in [2.24, 2.45) is 5.73 Å². The number of carbonyl (C=O) groups excluding carboxylic acids is 1. The van der Waals surface area contributed by atoms with E-state index >= 15 is 0 Å². The van der Waals surface area contributed by atoms with E-state index in [1.54, 1.807) is 6.20 Å². The quantitative estimate of drug-likeness (QED) is 0.794. The zero-order valence-corrected chi connectivity index (χ0v) is 9.35. The lowest BCUT2D eigenvalue weighted by atomic mass is 9.97. The Morgan fingerprint density at radius 3 is 3.19 bits per heavy atom. The first kappa shape index (κ1) is 11.1. The van der Waals surface area contributed by atoms with Gasteiger partial charge < -0.3 is 10.6 Å². The van der Waals surface area contributed by atoms with Crippen molar-refractivity contribution in [1.29, 1.82) is 0 Å². The van der Waals surface area contributed by atoms with E-state index in [0.29, 0.717) is 13.0 Å². The monoisotopic (exact) mass is 222 g/mol. The van der Waals surface area contributed by atoms with Gasteiger partial charge in [-0.05, 0) is 19.3 Å². The Balaban J connectivity index is 2.11. The van der Waals surface area contributed by atoms with E-state index in [2.05, 4.69) is 10.2 Å². The maximum absolute atomic E-state index is 11.9. The second kappa shape index (κ2) is 5.12. The fourth-order valence-electron chi connectivity index (χ4n) is 2.29. The van der Waals surface area contributed by atoms with Crippen LogP contribution in [0.3, 0.4) is 0 Å². The summed E-state index contributed by atoms with van der Waals surface area (Å²) in [5.74, 6) is 0.161. The zero-order valence-electron chi connectivity index (χ0n) is 9.35. The third-order valence-corrected chi connectivity index (χ3v) is 3.09. The van der Waals surface area contributed by atoms with Crippen molar-refractivity contribution in [3.8, 4) is 0 Å². The Labute approximate surface area is 95.0 Å². The molecule has 1 unspecified atom stereocenters. The van der Waals surface area contributed by atoms with Crippen molar-refractivity contribution in [3.05, 3.63) is 18.0 Å². The van der Waals surface area contributed by atoms with Crippen LogP contribution in [0.1, 0.15) is 37.3 Å². The Hall–Kier alpha value is -1.36. The highest BCUT2D eigenvalue weighted by molar-refractivity contribution is 5.77. The second-order valence-corrected chi connectivity index (χ2v) is 4.17. The predicted molar refractivity (Wildman–Crippen MR) is 60.6 cm³/mol. The van der Waals surface area contributed by atoms with Gasteiger partial charge in [0.25, 0.3) is 0 Å². The maximum atomic E-state index is 11.9. The Morgan fingerprint density at radius 1 is 1.62 bits per heavy atom. The van der Waals surface area contributed by atoms with Gasteiger partial charge in [-0.3, -0.25) is 9.89 Å². The minimum atomic E-state index is 0.161. The van der Waals surface area contributed by atoms with Crippen LogP contribution in [0.15, 0.2) is 12.4 Å². The van der Waals surface area contributed by atoms with Crippen LogP contribution < -0.4 is 5.73 Å². The summed E-state index contributed by atoms with van der Waals surface area (Å²) in [5.41, 5.74) is 6.54. The number of aromatic nitrogens is 2. The third-order valence-electron chi connectivity index (χ3n) is 3.09. The van der Waals surface area contributed by atoms with Gasteiger partial charge >= 0.3 is 0 Å². The van der Waals surface area contributed by atoms with Crippen LogP contribution in [0.5, 0.6) is 0 Å². The first-order chi connectivity index (χ1) is 7.83. The fourth-order valence-corrected chi connectivity index (χ4v) is 2.29. The van der Waals surface area contributed by atoms with E-state index in [1.807, 2.05) is 11.1 Å². The number of carbonyl (C=O) groups is 1. The van der Waals surface area contributed by atoms with Crippen LogP contribution in [0.2, 0.25) is 0 Å². The molecular weight excluding hydrogens is 204 g/mol. The standard InChI is InChI=1S/C11H18N4O/c12-5-4-11(16)15-6-2-1-3-10(15)9-7-13-14-8-9/h7-8,10H,1-6,12H2,(H,13,14). The van der Waals surface area contributed by atoms with E-state index < -0.39 is 0 Å². The normalized spacial score (nSPS) is 21.1. The molecule has 2 rings (SSSR count). The molecule has 0 aliphatic carbocycles. The maximum Gasteiger partial charge on any atom is 0.224 e. The molecule has 0 saturated carbocycles. The van der Waals surface area contributed by atoms with Gasteiger partial charge in [0.05, 0.1) is 12.2 Å². The largest absolute Gasteiger partial charge is 0.336 e. The summed E-state index contributed by atoms with van der Waals surface area (Å²) >= 11 is 0. The fraction of sp³-hybridized carbons (Fsp3) is 0.636. The molecule has 16 heavy (non-hydrogen) atoms. The average Bonchev–Trinajstić information content (AvgIpc) is 2.83. The smallest absolute Gasteiger partial charge is 0.224 e. The van der Waals surface area contributed by atoms with E-state index in [0.717, 1.165) is 24.9 Å². The predicted octanol–water partition coefficient (Wildman–Crippen LogP) is 0.812. The molecule has 0 aromatic carbocycles. The van der Waals surface area contributed by atoms with Crippen LogP contribution in [0, 0.1) is 0 Å². The lowest BCUT2D eigenvalue weighted by Crippen LogP contribution is -2.39. The van der Waals surface area contributed by atoms with Gasteiger partial charge in [-0.25, -0.2) is 0 Å². The van der Waals surface area contributed by atoms with Crippen LogP contribution in [0.4, 0.5) is 0 Å². The van der Waals surface area contributed by atoms with Gasteiger partial charge in [-0.15, -0.1) is 0 Å². The van der Waals surface area contributed by atoms with Gasteiger partial charge in [0.2, 0.25) is 5.91 Å². The highest BCUT2D eigenvalue weighted by Crippen LogP contribution is 2.30. The number of amides is 1. The van der Waals surface area contributed by atoms with Crippen molar-refractivity contribution in [3.63, 3.8) is 0 Å². The molecule has 0 spiro atoms. The van der Waals surface area contributed by atoms with Crippen LogP contribution in [-0.4, -0.2) is 34.1 Å². The van der Waals surface area contributed by atoms with Crippen molar-refractivity contribution in [2.45, 2.75) is 31.7 Å². The molecule has 1 aromatic heterocycles. The minimum Gasteiger partial charge on any atom is -0.336 e. The third kappa shape index (κ3) is 2.24. The number of nitrogens with two attached hydrogens (primary N) is 1. The molecule has 0 radical (unpaired) electrons. The molecule has 1 aliphatic rings. The van der Waals surface area contributed by atoms with Crippen molar-refractivity contribution in [1.82, 2.24) is 15.1 Å². The Kier molecular flexibility index (Phi) is 3.56. The van der Waals surface area contributed by atoms with Crippen LogP contribution in [-0.2, 0) is 4.79 Å². The van der Waals surface area contributed by atoms with Gasteiger partial charge in [0.15, 0.2) is 0 Å². The van der Waals surface area contributed by atoms with E-state index in [1.165, 1.54) is 6.42 Å². The molecule has 1 atom stereocenters. The van der Waals surface area contributed by atoms with Gasteiger partial charge in [-0.2, -0.15) is 5.10 Å². The topological polar surface area (TPSA) is 75.0 Å². The van der Waals surface area contributed by atoms with Gasteiger partial charge in [0.1, 0.15) is 0 Å². The van der Waals surface area contributed by atoms with Crippen molar-refractivity contribution < 1.29 is 4.79 Å². The SMILES string of the molecule is NCCC(=O)N1CCCCC1c1cn[nH]c1. The summed E-state index contributed by atoms with van der Waals surface area (Å²) < 4.78 is 0. The van der Waals surface area contributed by atoms with E-state index in [9.17, 15) is 4.79 Å². The molecule has 5 heteroatoms. The lowest BCUT2D eigenvalue weighted by molar-refractivity contribution is -0.134.